The fourth-order valence-electron chi connectivity index (χ4n) is 1.98. The molecule has 2 rings (SSSR count). The highest BCUT2D eigenvalue weighted by molar-refractivity contribution is 7.89. The molecule has 0 spiro atoms. The van der Waals surface area contributed by atoms with E-state index in [1.54, 1.807) is 31.4 Å². The quantitative estimate of drug-likeness (QED) is 0.827. The first kappa shape index (κ1) is 13.3. The van der Waals surface area contributed by atoms with E-state index in [2.05, 4.69) is 10.0 Å². The fourth-order valence-corrected chi connectivity index (χ4v) is 3.06. The summed E-state index contributed by atoms with van der Waals surface area (Å²) in [6.45, 7) is 1.41. The Labute approximate surface area is 108 Å². The van der Waals surface area contributed by atoms with Gasteiger partial charge in [0.1, 0.15) is 5.75 Å². The largest absolute Gasteiger partial charge is 0.497 e. The van der Waals surface area contributed by atoms with Gasteiger partial charge in [0.05, 0.1) is 12.0 Å². The minimum Gasteiger partial charge on any atom is -0.497 e. The molecule has 1 aliphatic rings. The van der Waals surface area contributed by atoms with E-state index in [1.807, 2.05) is 0 Å². The van der Waals surface area contributed by atoms with E-state index >= 15 is 0 Å². The molecule has 1 saturated heterocycles. The predicted octanol–water partition coefficient (Wildman–Crippen LogP) is 0.725. The molecule has 0 aromatic heterocycles. The molecule has 0 bridgehead atoms. The van der Waals surface area contributed by atoms with Gasteiger partial charge < -0.3 is 10.1 Å². The van der Waals surface area contributed by atoms with Crippen molar-refractivity contribution < 1.29 is 13.2 Å². The Morgan fingerprint density at radius 3 is 2.67 bits per heavy atom. The van der Waals surface area contributed by atoms with Gasteiger partial charge in [-0.3, -0.25) is 0 Å². The van der Waals surface area contributed by atoms with E-state index in [0.29, 0.717) is 12.3 Å². The van der Waals surface area contributed by atoms with Crippen LogP contribution in [0.25, 0.3) is 0 Å². The third-order valence-electron chi connectivity index (χ3n) is 3.05. The highest BCUT2D eigenvalue weighted by atomic mass is 32.2. The molecule has 6 heteroatoms. The Balaban J connectivity index is 2.00. The molecule has 0 radical (unpaired) electrons. The number of hydrogen-bond acceptors (Lipinski definition) is 4. The van der Waals surface area contributed by atoms with Crippen LogP contribution in [0.4, 0.5) is 0 Å². The van der Waals surface area contributed by atoms with E-state index in [-0.39, 0.29) is 10.9 Å². The topological polar surface area (TPSA) is 67.4 Å². The van der Waals surface area contributed by atoms with Gasteiger partial charge in [0, 0.05) is 12.6 Å². The molecule has 0 aliphatic carbocycles. The lowest BCUT2D eigenvalue weighted by Gasteiger charge is -2.12. The zero-order valence-electron chi connectivity index (χ0n) is 10.3. The summed E-state index contributed by atoms with van der Waals surface area (Å²) in [7, 11) is -1.87. The summed E-state index contributed by atoms with van der Waals surface area (Å²) in [6.07, 6.45) is 2.13. The number of methoxy groups -OCH3 is 1. The Morgan fingerprint density at radius 2 is 2.11 bits per heavy atom. The van der Waals surface area contributed by atoms with Crippen LogP contribution in [0.15, 0.2) is 29.2 Å². The van der Waals surface area contributed by atoms with Gasteiger partial charge in [-0.05, 0) is 43.7 Å². The average molecular weight is 270 g/mol. The van der Waals surface area contributed by atoms with Gasteiger partial charge in [0.15, 0.2) is 0 Å². The van der Waals surface area contributed by atoms with Crippen LogP contribution in [-0.2, 0) is 10.0 Å². The first-order chi connectivity index (χ1) is 8.62. The zero-order valence-corrected chi connectivity index (χ0v) is 11.2. The molecule has 1 aliphatic heterocycles. The Hall–Kier alpha value is -1.11. The molecule has 5 nitrogen and oxygen atoms in total. The summed E-state index contributed by atoms with van der Waals surface area (Å²) < 4.78 is 31.6. The van der Waals surface area contributed by atoms with Crippen molar-refractivity contribution in [2.75, 3.05) is 20.2 Å². The van der Waals surface area contributed by atoms with E-state index in [4.69, 9.17) is 4.74 Å². The van der Waals surface area contributed by atoms with Crippen molar-refractivity contribution in [1.29, 1.82) is 0 Å². The fraction of sp³-hybridized carbons (Fsp3) is 0.500. The second kappa shape index (κ2) is 5.69. The number of ether oxygens (including phenoxy) is 1. The second-order valence-electron chi connectivity index (χ2n) is 4.32. The number of hydrogen-bond donors (Lipinski definition) is 2. The maximum Gasteiger partial charge on any atom is 0.240 e. The predicted molar refractivity (Wildman–Crippen MR) is 69.2 cm³/mol. The maximum absolute atomic E-state index is 12.0. The lowest BCUT2D eigenvalue weighted by Crippen LogP contribution is -2.37. The first-order valence-electron chi connectivity index (χ1n) is 5.99. The number of rotatable bonds is 5. The SMILES string of the molecule is COc1ccc(S(=O)(=O)NCC2CCCN2)cc1. The Kier molecular flexibility index (Phi) is 4.21. The van der Waals surface area contributed by atoms with Gasteiger partial charge in [-0.25, -0.2) is 13.1 Å². The molecule has 18 heavy (non-hydrogen) atoms. The van der Waals surface area contributed by atoms with Crippen molar-refractivity contribution in [3.8, 4) is 5.75 Å². The number of nitrogens with one attached hydrogen (secondary N) is 2. The standard InChI is InChI=1S/C12H18N2O3S/c1-17-11-4-6-12(7-5-11)18(15,16)14-9-10-3-2-8-13-10/h4-7,10,13-14H,2-3,8-9H2,1H3. The van der Waals surface area contributed by atoms with Crippen molar-refractivity contribution in [3.63, 3.8) is 0 Å². The Morgan fingerprint density at radius 1 is 1.39 bits per heavy atom. The molecule has 1 fully saturated rings. The highest BCUT2D eigenvalue weighted by Crippen LogP contribution is 2.15. The normalized spacial score (nSPS) is 19.9. The van der Waals surface area contributed by atoms with Crippen LogP contribution in [0.5, 0.6) is 5.75 Å². The molecule has 0 amide bonds. The van der Waals surface area contributed by atoms with Crippen LogP contribution in [0.3, 0.4) is 0 Å². The van der Waals surface area contributed by atoms with E-state index in [0.717, 1.165) is 19.4 Å². The molecule has 1 atom stereocenters. The third-order valence-corrected chi connectivity index (χ3v) is 4.49. The van der Waals surface area contributed by atoms with Gasteiger partial charge in [-0.1, -0.05) is 0 Å². The molecule has 0 saturated carbocycles. The van der Waals surface area contributed by atoms with E-state index in [9.17, 15) is 8.42 Å². The van der Waals surface area contributed by atoms with Crippen molar-refractivity contribution in [2.24, 2.45) is 0 Å². The molecule has 2 N–H and O–H groups in total. The molecule has 1 unspecified atom stereocenters. The van der Waals surface area contributed by atoms with Crippen LogP contribution in [0.2, 0.25) is 0 Å². The summed E-state index contributed by atoms with van der Waals surface area (Å²) in [4.78, 5) is 0.265. The Bertz CT molecular complexity index is 479. The van der Waals surface area contributed by atoms with Crippen molar-refractivity contribution in [1.82, 2.24) is 10.0 Å². The van der Waals surface area contributed by atoms with Gasteiger partial charge in [-0.15, -0.1) is 0 Å². The van der Waals surface area contributed by atoms with Crippen LogP contribution in [0, 0.1) is 0 Å². The zero-order chi connectivity index (χ0) is 13.0. The van der Waals surface area contributed by atoms with E-state index < -0.39 is 10.0 Å². The monoisotopic (exact) mass is 270 g/mol. The smallest absolute Gasteiger partial charge is 0.240 e. The summed E-state index contributed by atoms with van der Waals surface area (Å²) in [5.41, 5.74) is 0. The summed E-state index contributed by atoms with van der Waals surface area (Å²) in [6, 6.07) is 6.62. The molecular formula is C12H18N2O3S. The second-order valence-corrected chi connectivity index (χ2v) is 6.09. The maximum atomic E-state index is 12.0. The summed E-state index contributed by atoms with van der Waals surface area (Å²) in [5, 5.41) is 3.25. The van der Waals surface area contributed by atoms with Gasteiger partial charge in [0.25, 0.3) is 0 Å². The van der Waals surface area contributed by atoms with Crippen molar-refractivity contribution in [3.05, 3.63) is 24.3 Å². The van der Waals surface area contributed by atoms with Crippen LogP contribution in [0.1, 0.15) is 12.8 Å². The highest BCUT2D eigenvalue weighted by Gasteiger charge is 2.19. The van der Waals surface area contributed by atoms with Crippen LogP contribution in [-0.4, -0.2) is 34.7 Å². The molecule has 1 aromatic rings. The van der Waals surface area contributed by atoms with Gasteiger partial charge >= 0.3 is 0 Å². The average Bonchev–Trinajstić information content (AvgIpc) is 2.90. The molecule has 1 aromatic carbocycles. The number of sulfonamides is 1. The molecule has 1 heterocycles. The van der Waals surface area contributed by atoms with Crippen LogP contribution < -0.4 is 14.8 Å². The third kappa shape index (κ3) is 3.22. The number of benzene rings is 1. The summed E-state index contributed by atoms with van der Waals surface area (Å²) in [5.74, 6) is 0.645. The van der Waals surface area contributed by atoms with Gasteiger partial charge in [-0.2, -0.15) is 0 Å². The molecular weight excluding hydrogens is 252 g/mol. The summed E-state index contributed by atoms with van der Waals surface area (Å²) >= 11 is 0. The lowest BCUT2D eigenvalue weighted by molar-refractivity contribution is 0.414. The first-order valence-corrected chi connectivity index (χ1v) is 7.47. The minimum absolute atomic E-state index is 0.248. The van der Waals surface area contributed by atoms with Crippen molar-refractivity contribution >= 4 is 10.0 Å². The minimum atomic E-state index is -3.42. The van der Waals surface area contributed by atoms with E-state index in [1.165, 1.54) is 0 Å². The van der Waals surface area contributed by atoms with Crippen LogP contribution >= 0.6 is 0 Å². The molecule has 100 valence electrons. The van der Waals surface area contributed by atoms with Gasteiger partial charge in [0.2, 0.25) is 10.0 Å². The van der Waals surface area contributed by atoms with Crippen molar-refractivity contribution in [2.45, 2.75) is 23.8 Å². The lowest BCUT2D eigenvalue weighted by atomic mass is 10.2.